The number of rotatable bonds is 4. The number of ketones is 1. The maximum absolute atomic E-state index is 12.9. The summed E-state index contributed by atoms with van der Waals surface area (Å²) in [6.07, 6.45) is 0.658. The number of carbonyl (C=O) groups is 1. The van der Waals surface area contributed by atoms with E-state index < -0.39 is 8.15 Å². The normalized spacial score (nSPS) is 12.2. The van der Waals surface area contributed by atoms with Crippen LogP contribution in [0.25, 0.3) is 0 Å². The Morgan fingerprint density at radius 3 is 2.24 bits per heavy atom. The van der Waals surface area contributed by atoms with E-state index in [0.29, 0.717) is 11.7 Å². The molecule has 1 unspecified atom stereocenters. The van der Waals surface area contributed by atoms with Crippen molar-refractivity contribution in [2.45, 2.75) is 27.7 Å². The van der Waals surface area contributed by atoms with Crippen LogP contribution in [0.2, 0.25) is 0 Å². The van der Waals surface area contributed by atoms with Gasteiger partial charge in [-0.3, -0.25) is 4.79 Å². The fraction of sp³-hybridized carbons (Fsp3) is 0.278. The zero-order chi connectivity index (χ0) is 15.6. The van der Waals surface area contributed by atoms with Gasteiger partial charge in [-0.15, -0.1) is 0 Å². The molecule has 0 aliphatic heterocycles. The summed E-state index contributed by atoms with van der Waals surface area (Å²) in [5, 5.41) is 0.777. The van der Waals surface area contributed by atoms with Crippen LogP contribution in [0.1, 0.15) is 39.5 Å². The highest BCUT2D eigenvalue weighted by Gasteiger charge is 2.20. The van der Waals surface area contributed by atoms with E-state index in [2.05, 4.69) is 0 Å². The van der Waals surface area contributed by atoms with Crippen molar-refractivity contribution in [3.05, 3.63) is 64.2 Å². The first-order chi connectivity index (χ1) is 9.95. The molecule has 2 rings (SSSR count). The SMILES string of the molecule is CCP(O)c1ccccc1C(=O)c1c(C)cc(C)cc1C. The summed E-state index contributed by atoms with van der Waals surface area (Å²) in [6.45, 7) is 7.91. The van der Waals surface area contributed by atoms with E-state index in [9.17, 15) is 9.69 Å². The Balaban J connectivity index is 2.56. The van der Waals surface area contributed by atoms with Crippen molar-refractivity contribution in [2.75, 3.05) is 6.16 Å². The van der Waals surface area contributed by atoms with Crippen LogP contribution in [0.3, 0.4) is 0 Å². The molecule has 21 heavy (non-hydrogen) atoms. The Morgan fingerprint density at radius 2 is 1.67 bits per heavy atom. The van der Waals surface area contributed by atoms with Gasteiger partial charge in [0.05, 0.1) is 8.15 Å². The summed E-state index contributed by atoms with van der Waals surface area (Å²) in [7, 11) is -1.26. The Kier molecular flexibility index (Phi) is 4.92. The van der Waals surface area contributed by atoms with Gasteiger partial charge in [-0.05, 0) is 38.1 Å². The molecule has 2 aromatic carbocycles. The van der Waals surface area contributed by atoms with E-state index in [1.54, 1.807) is 0 Å². The standard InChI is InChI=1S/C18H21O2P/c1-5-21(20)16-9-7-6-8-15(16)18(19)17-13(3)10-12(2)11-14(17)4/h6-11,20H,5H2,1-4H3. The minimum Gasteiger partial charge on any atom is -0.369 e. The second kappa shape index (κ2) is 6.51. The lowest BCUT2D eigenvalue weighted by Crippen LogP contribution is -2.17. The molecule has 1 atom stereocenters. The fourth-order valence-corrected chi connectivity index (χ4v) is 3.79. The molecule has 1 N–H and O–H groups in total. The summed E-state index contributed by atoms with van der Waals surface area (Å²) < 4.78 is 0. The molecule has 0 fully saturated rings. The molecule has 2 nitrogen and oxygen atoms in total. The Hall–Kier alpha value is -1.50. The molecule has 0 amide bonds. The van der Waals surface area contributed by atoms with Gasteiger partial charge in [0, 0.05) is 16.4 Å². The topological polar surface area (TPSA) is 37.3 Å². The van der Waals surface area contributed by atoms with Crippen LogP contribution in [0.4, 0.5) is 0 Å². The van der Waals surface area contributed by atoms with Crippen LogP contribution in [-0.4, -0.2) is 16.8 Å². The first kappa shape index (κ1) is 15.9. The lowest BCUT2D eigenvalue weighted by molar-refractivity contribution is 0.103. The average molecular weight is 300 g/mol. The van der Waals surface area contributed by atoms with Gasteiger partial charge >= 0.3 is 0 Å². The third-order valence-corrected chi connectivity index (χ3v) is 5.18. The molecule has 0 spiro atoms. The largest absolute Gasteiger partial charge is 0.369 e. The van der Waals surface area contributed by atoms with Crippen LogP contribution in [0.5, 0.6) is 0 Å². The highest BCUT2D eigenvalue weighted by atomic mass is 31.1. The minimum atomic E-state index is -1.26. The van der Waals surface area contributed by atoms with Crippen molar-refractivity contribution in [3.63, 3.8) is 0 Å². The molecule has 0 saturated heterocycles. The maximum atomic E-state index is 12.9. The van der Waals surface area contributed by atoms with Crippen molar-refractivity contribution in [2.24, 2.45) is 0 Å². The van der Waals surface area contributed by atoms with Crippen molar-refractivity contribution >= 4 is 19.2 Å². The molecule has 0 aliphatic carbocycles. The molecule has 0 aliphatic rings. The van der Waals surface area contributed by atoms with Crippen LogP contribution in [0, 0.1) is 20.8 Å². The smallest absolute Gasteiger partial charge is 0.194 e. The molecule has 0 aromatic heterocycles. The lowest BCUT2D eigenvalue weighted by Gasteiger charge is -2.15. The molecule has 0 radical (unpaired) electrons. The minimum absolute atomic E-state index is 0.00981. The predicted octanol–water partition coefficient (Wildman–Crippen LogP) is 3.88. The van der Waals surface area contributed by atoms with Gasteiger partial charge in [-0.1, -0.05) is 48.9 Å². The second-order valence-corrected chi connectivity index (χ2v) is 7.25. The van der Waals surface area contributed by atoms with Crippen molar-refractivity contribution in [1.82, 2.24) is 0 Å². The number of carbonyl (C=O) groups excluding carboxylic acids is 1. The highest BCUT2D eigenvalue weighted by molar-refractivity contribution is 7.60. The van der Waals surface area contributed by atoms with Crippen LogP contribution in [0.15, 0.2) is 36.4 Å². The Morgan fingerprint density at radius 1 is 1.10 bits per heavy atom. The molecule has 0 saturated carbocycles. The third-order valence-electron chi connectivity index (χ3n) is 3.63. The lowest BCUT2D eigenvalue weighted by atomic mass is 9.93. The molecular weight excluding hydrogens is 279 g/mol. The zero-order valence-electron chi connectivity index (χ0n) is 13.0. The van der Waals surface area contributed by atoms with Gasteiger partial charge in [0.25, 0.3) is 0 Å². The van der Waals surface area contributed by atoms with E-state index in [-0.39, 0.29) is 5.78 Å². The maximum Gasteiger partial charge on any atom is 0.194 e. The molecule has 0 bridgehead atoms. The van der Waals surface area contributed by atoms with Crippen molar-refractivity contribution in [3.8, 4) is 0 Å². The summed E-state index contributed by atoms with van der Waals surface area (Å²) in [5.41, 5.74) is 4.53. The summed E-state index contributed by atoms with van der Waals surface area (Å²) in [5.74, 6) is 0.00981. The van der Waals surface area contributed by atoms with E-state index in [0.717, 1.165) is 27.6 Å². The third kappa shape index (κ3) is 3.23. The predicted molar refractivity (Wildman–Crippen MR) is 89.8 cm³/mol. The first-order valence-electron chi connectivity index (χ1n) is 7.13. The van der Waals surface area contributed by atoms with E-state index in [1.807, 2.05) is 64.1 Å². The number of aryl methyl sites for hydroxylation is 3. The van der Waals surface area contributed by atoms with Gasteiger partial charge < -0.3 is 4.89 Å². The summed E-state index contributed by atoms with van der Waals surface area (Å²) >= 11 is 0. The van der Waals surface area contributed by atoms with Crippen LogP contribution in [-0.2, 0) is 0 Å². The zero-order valence-corrected chi connectivity index (χ0v) is 13.9. The van der Waals surface area contributed by atoms with Gasteiger partial charge in [0.15, 0.2) is 5.78 Å². The van der Waals surface area contributed by atoms with E-state index in [1.165, 1.54) is 0 Å². The van der Waals surface area contributed by atoms with E-state index in [4.69, 9.17) is 0 Å². The molecule has 0 heterocycles. The molecule has 3 heteroatoms. The van der Waals surface area contributed by atoms with Crippen LogP contribution >= 0.6 is 8.15 Å². The van der Waals surface area contributed by atoms with Crippen molar-refractivity contribution in [1.29, 1.82) is 0 Å². The molecular formula is C18H21O2P. The van der Waals surface area contributed by atoms with Gasteiger partial charge in [-0.25, -0.2) is 0 Å². The highest BCUT2D eigenvalue weighted by Crippen LogP contribution is 2.31. The average Bonchev–Trinajstić information content (AvgIpc) is 2.45. The fourth-order valence-electron chi connectivity index (χ4n) is 2.73. The Bertz CT molecular complexity index is 654. The van der Waals surface area contributed by atoms with Crippen LogP contribution < -0.4 is 5.30 Å². The van der Waals surface area contributed by atoms with Crippen molar-refractivity contribution < 1.29 is 9.69 Å². The first-order valence-corrected chi connectivity index (χ1v) is 8.61. The number of hydrogen-bond acceptors (Lipinski definition) is 2. The number of hydrogen-bond donors (Lipinski definition) is 1. The second-order valence-electron chi connectivity index (χ2n) is 5.34. The monoisotopic (exact) mass is 300 g/mol. The summed E-state index contributed by atoms with van der Waals surface area (Å²) in [4.78, 5) is 23.1. The summed E-state index contributed by atoms with van der Waals surface area (Å²) in [6, 6.07) is 11.5. The molecule has 2 aromatic rings. The van der Waals surface area contributed by atoms with E-state index >= 15 is 0 Å². The molecule has 110 valence electrons. The van der Waals surface area contributed by atoms with Gasteiger partial charge in [-0.2, -0.15) is 0 Å². The number of benzene rings is 2. The van der Waals surface area contributed by atoms with Gasteiger partial charge in [0.2, 0.25) is 0 Å². The quantitative estimate of drug-likeness (QED) is 0.687. The van der Waals surface area contributed by atoms with Gasteiger partial charge in [0.1, 0.15) is 0 Å². The Labute approximate surface area is 127 Å².